The van der Waals surface area contributed by atoms with Gasteiger partial charge in [0.1, 0.15) is 0 Å². The first-order valence-corrected chi connectivity index (χ1v) is 8.38. The molecule has 4 nitrogen and oxygen atoms in total. The van der Waals surface area contributed by atoms with E-state index in [1.165, 1.54) is 18.6 Å². The van der Waals surface area contributed by atoms with E-state index in [1.807, 2.05) is 11.8 Å². The van der Waals surface area contributed by atoms with Gasteiger partial charge < -0.3 is 15.8 Å². The highest BCUT2D eigenvalue weighted by Gasteiger charge is 2.14. The fourth-order valence-electron chi connectivity index (χ4n) is 1.91. The fraction of sp³-hybridized carbons (Fsp3) is 0.533. The second kappa shape index (κ2) is 9.53. The molecule has 1 aromatic rings. The Morgan fingerprint density at radius 1 is 1.35 bits per heavy atom. The Morgan fingerprint density at radius 2 is 2.15 bits per heavy atom. The van der Waals surface area contributed by atoms with Crippen LogP contribution in [0, 0.1) is 0 Å². The molecule has 0 aliphatic rings. The number of ether oxygens (including phenoxy) is 1. The van der Waals surface area contributed by atoms with Crippen LogP contribution in [0.2, 0.25) is 0 Å². The highest BCUT2D eigenvalue weighted by atomic mass is 32.2. The number of thioether (sulfide) groups is 1. The van der Waals surface area contributed by atoms with Gasteiger partial charge in [0.25, 0.3) is 0 Å². The average Bonchev–Trinajstić information content (AvgIpc) is 2.44. The van der Waals surface area contributed by atoms with Crippen LogP contribution in [-0.2, 0) is 4.74 Å². The molecule has 0 fully saturated rings. The summed E-state index contributed by atoms with van der Waals surface area (Å²) in [4.78, 5) is 11.9. The van der Waals surface area contributed by atoms with E-state index in [-0.39, 0.29) is 5.97 Å². The predicted octanol–water partition coefficient (Wildman–Crippen LogP) is 3.39. The van der Waals surface area contributed by atoms with E-state index < -0.39 is 0 Å². The molecule has 112 valence electrons. The smallest absolute Gasteiger partial charge is 0.340 e. The number of hydrogen-bond acceptors (Lipinski definition) is 5. The van der Waals surface area contributed by atoms with Crippen LogP contribution in [-0.4, -0.2) is 31.1 Å². The molecule has 0 aliphatic carbocycles. The van der Waals surface area contributed by atoms with Crippen molar-refractivity contribution in [3.05, 3.63) is 23.8 Å². The molecule has 0 aliphatic heterocycles. The van der Waals surface area contributed by atoms with Crippen molar-refractivity contribution in [2.45, 2.75) is 26.2 Å². The molecule has 0 saturated heterocycles. The van der Waals surface area contributed by atoms with Gasteiger partial charge in [-0.25, -0.2) is 4.79 Å². The molecule has 20 heavy (non-hydrogen) atoms. The summed E-state index contributed by atoms with van der Waals surface area (Å²) in [5.74, 6) is 0.867. The molecule has 1 aromatic carbocycles. The van der Waals surface area contributed by atoms with Crippen molar-refractivity contribution in [1.29, 1.82) is 0 Å². The largest absolute Gasteiger partial charge is 0.462 e. The van der Waals surface area contributed by atoms with Crippen molar-refractivity contribution in [2.24, 2.45) is 0 Å². The first-order chi connectivity index (χ1) is 9.70. The van der Waals surface area contributed by atoms with Crippen LogP contribution in [0.15, 0.2) is 18.2 Å². The summed E-state index contributed by atoms with van der Waals surface area (Å²) in [7, 11) is 0. The van der Waals surface area contributed by atoms with Gasteiger partial charge in [0.2, 0.25) is 0 Å². The summed E-state index contributed by atoms with van der Waals surface area (Å²) in [6.45, 7) is 2.97. The van der Waals surface area contributed by atoms with Gasteiger partial charge in [-0.2, -0.15) is 11.8 Å². The van der Waals surface area contributed by atoms with Crippen LogP contribution in [0.25, 0.3) is 0 Å². The summed E-state index contributed by atoms with van der Waals surface area (Å²) in [5, 5.41) is 3.27. The molecule has 5 heteroatoms. The maximum atomic E-state index is 11.9. The van der Waals surface area contributed by atoms with Gasteiger partial charge in [-0.15, -0.1) is 0 Å². The first-order valence-electron chi connectivity index (χ1n) is 6.99. The van der Waals surface area contributed by atoms with Crippen LogP contribution < -0.4 is 11.1 Å². The normalized spacial score (nSPS) is 10.3. The van der Waals surface area contributed by atoms with E-state index >= 15 is 0 Å². The SMILES string of the molecule is CCOC(=O)c1cccc(N)c1NCCCCCSC. The molecule has 0 spiro atoms. The monoisotopic (exact) mass is 296 g/mol. The van der Waals surface area contributed by atoms with Crippen molar-refractivity contribution < 1.29 is 9.53 Å². The second-order valence-electron chi connectivity index (χ2n) is 4.47. The topological polar surface area (TPSA) is 64.3 Å². The summed E-state index contributed by atoms with van der Waals surface area (Å²) in [6.07, 6.45) is 5.58. The number of benzene rings is 1. The number of para-hydroxylation sites is 1. The lowest BCUT2D eigenvalue weighted by Gasteiger charge is -2.13. The number of esters is 1. The number of hydrogen-bond donors (Lipinski definition) is 2. The number of unbranched alkanes of at least 4 members (excludes halogenated alkanes) is 2. The molecule has 0 heterocycles. The number of nitrogens with one attached hydrogen (secondary N) is 1. The molecule has 3 N–H and O–H groups in total. The molecular formula is C15H24N2O2S. The van der Waals surface area contributed by atoms with Gasteiger partial charge in [-0.05, 0) is 43.9 Å². The van der Waals surface area contributed by atoms with Gasteiger partial charge in [-0.3, -0.25) is 0 Å². The van der Waals surface area contributed by atoms with Gasteiger partial charge in [0, 0.05) is 6.54 Å². The number of rotatable bonds is 9. The molecule has 1 rings (SSSR count). The zero-order valence-corrected chi connectivity index (χ0v) is 13.1. The fourth-order valence-corrected chi connectivity index (χ4v) is 2.40. The molecule has 0 aromatic heterocycles. The predicted molar refractivity (Wildman–Crippen MR) is 87.5 cm³/mol. The molecule has 0 unspecified atom stereocenters. The third-order valence-electron chi connectivity index (χ3n) is 2.92. The minimum Gasteiger partial charge on any atom is -0.462 e. The second-order valence-corrected chi connectivity index (χ2v) is 5.46. The molecule has 0 atom stereocenters. The van der Waals surface area contributed by atoms with Gasteiger partial charge in [0.15, 0.2) is 0 Å². The van der Waals surface area contributed by atoms with E-state index in [4.69, 9.17) is 10.5 Å². The van der Waals surface area contributed by atoms with Crippen LogP contribution in [0.1, 0.15) is 36.5 Å². The third-order valence-corrected chi connectivity index (χ3v) is 3.62. The number of nitrogens with two attached hydrogens (primary N) is 1. The van der Waals surface area contributed by atoms with E-state index in [2.05, 4.69) is 11.6 Å². The first kappa shape index (κ1) is 16.7. The standard InChI is InChI=1S/C15H24N2O2S/c1-3-19-15(18)12-8-7-9-13(16)14(12)17-10-5-4-6-11-20-2/h7-9,17H,3-6,10-11,16H2,1-2H3. The quantitative estimate of drug-likeness (QED) is 0.415. The maximum Gasteiger partial charge on any atom is 0.340 e. The van der Waals surface area contributed by atoms with Gasteiger partial charge in [0.05, 0.1) is 23.5 Å². The van der Waals surface area contributed by atoms with Crippen LogP contribution >= 0.6 is 11.8 Å². The minimum atomic E-state index is -0.329. The number of nitrogen functional groups attached to an aromatic ring is 1. The average molecular weight is 296 g/mol. The molecule has 0 saturated carbocycles. The van der Waals surface area contributed by atoms with E-state index in [9.17, 15) is 4.79 Å². The number of carbonyl (C=O) groups is 1. The van der Waals surface area contributed by atoms with Crippen molar-refractivity contribution in [3.8, 4) is 0 Å². The Balaban J connectivity index is 2.57. The highest BCUT2D eigenvalue weighted by molar-refractivity contribution is 7.98. The Bertz CT molecular complexity index is 424. The van der Waals surface area contributed by atoms with E-state index in [1.54, 1.807) is 25.1 Å². The van der Waals surface area contributed by atoms with Gasteiger partial charge >= 0.3 is 5.97 Å². The Labute approximate surface area is 125 Å². The zero-order valence-electron chi connectivity index (χ0n) is 12.3. The van der Waals surface area contributed by atoms with Crippen molar-refractivity contribution in [3.63, 3.8) is 0 Å². The third kappa shape index (κ3) is 5.33. The number of anilines is 2. The van der Waals surface area contributed by atoms with Crippen molar-refractivity contribution >= 4 is 29.1 Å². The van der Waals surface area contributed by atoms with Crippen LogP contribution in [0.4, 0.5) is 11.4 Å². The highest BCUT2D eigenvalue weighted by Crippen LogP contribution is 2.24. The van der Waals surface area contributed by atoms with Crippen molar-refractivity contribution in [2.75, 3.05) is 36.2 Å². The Kier molecular flexibility index (Phi) is 7.95. The summed E-state index contributed by atoms with van der Waals surface area (Å²) in [6, 6.07) is 5.30. The Morgan fingerprint density at radius 3 is 2.85 bits per heavy atom. The lowest BCUT2D eigenvalue weighted by atomic mass is 10.1. The maximum absolute atomic E-state index is 11.9. The lowest BCUT2D eigenvalue weighted by molar-refractivity contribution is 0.0527. The number of carbonyl (C=O) groups excluding carboxylic acids is 1. The lowest BCUT2D eigenvalue weighted by Crippen LogP contribution is -2.12. The van der Waals surface area contributed by atoms with Crippen LogP contribution in [0.3, 0.4) is 0 Å². The summed E-state index contributed by atoms with van der Waals surface area (Å²) in [5.41, 5.74) is 7.73. The molecule has 0 bridgehead atoms. The zero-order chi connectivity index (χ0) is 14.8. The summed E-state index contributed by atoms with van der Waals surface area (Å²) >= 11 is 1.87. The van der Waals surface area contributed by atoms with Crippen LogP contribution in [0.5, 0.6) is 0 Å². The van der Waals surface area contributed by atoms with Gasteiger partial charge in [-0.1, -0.05) is 12.5 Å². The molecule has 0 radical (unpaired) electrons. The van der Waals surface area contributed by atoms with E-state index in [0.29, 0.717) is 23.5 Å². The molecule has 0 amide bonds. The summed E-state index contributed by atoms with van der Waals surface area (Å²) < 4.78 is 5.05. The molecular weight excluding hydrogens is 272 g/mol. The minimum absolute atomic E-state index is 0.329. The Hall–Kier alpha value is -1.36. The van der Waals surface area contributed by atoms with E-state index in [0.717, 1.165) is 13.0 Å². The van der Waals surface area contributed by atoms with Crippen molar-refractivity contribution in [1.82, 2.24) is 0 Å².